The van der Waals surface area contributed by atoms with Crippen LogP contribution in [0.2, 0.25) is 0 Å². The minimum absolute atomic E-state index is 0.00622. The molecule has 0 fully saturated rings. The van der Waals surface area contributed by atoms with Crippen LogP contribution in [-0.2, 0) is 13.7 Å². The van der Waals surface area contributed by atoms with E-state index in [1.807, 2.05) is 13.0 Å². The first-order chi connectivity index (χ1) is 12.9. The van der Waals surface area contributed by atoms with E-state index in [-0.39, 0.29) is 18.2 Å². The molecule has 1 N–H and O–H groups in total. The molecule has 0 spiro atoms. The second-order valence-electron chi connectivity index (χ2n) is 6.00. The Bertz CT molecular complexity index is 980. The van der Waals surface area contributed by atoms with Crippen molar-refractivity contribution in [2.75, 3.05) is 5.32 Å². The fourth-order valence-corrected chi connectivity index (χ4v) is 2.55. The van der Waals surface area contributed by atoms with Gasteiger partial charge < -0.3 is 10.1 Å². The van der Waals surface area contributed by atoms with Gasteiger partial charge in [0.25, 0.3) is 11.6 Å². The van der Waals surface area contributed by atoms with Crippen molar-refractivity contribution in [1.82, 2.24) is 9.78 Å². The average molecular weight is 366 g/mol. The van der Waals surface area contributed by atoms with Gasteiger partial charge in [-0.1, -0.05) is 12.1 Å². The number of rotatable bonds is 6. The van der Waals surface area contributed by atoms with Crippen molar-refractivity contribution in [1.29, 1.82) is 0 Å². The van der Waals surface area contributed by atoms with E-state index in [1.165, 1.54) is 12.1 Å². The number of aromatic nitrogens is 2. The number of hydrogen-bond acceptors (Lipinski definition) is 5. The molecule has 0 unspecified atom stereocenters. The number of aryl methyl sites for hydroxylation is 2. The maximum Gasteiger partial charge on any atom is 0.269 e. The van der Waals surface area contributed by atoms with Crippen molar-refractivity contribution in [3.05, 3.63) is 81.7 Å². The van der Waals surface area contributed by atoms with Gasteiger partial charge in [0.15, 0.2) is 0 Å². The zero-order valence-electron chi connectivity index (χ0n) is 14.9. The summed E-state index contributed by atoms with van der Waals surface area (Å²) in [5.74, 6) is 0.282. The van der Waals surface area contributed by atoms with Crippen LogP contribution in [0.1, 0.15) is 21.6 Å². The molecule has 0 aliphatic heterocycles. The normalized spacial score (nSPS) is 10.4. The van der Waals surface area contributed by atoms with Gasteiger partial charge in [0, 0.05) is 30.9 Å². The number of nitro groups is 1. The molecule has 1 heterocycles. The smallest absolute Gasteiger partial charge is 0.269 e. The van der Waals surface area contributed by atoms with Crippen LogP contribution in [0.4, 0.5) is 11.4 Å². The number of nitrogens with zero attached hydrogens (tertiary/aromatic N) is 3. The standard InChI is InChI=1S/C19H18N4O4/c1-13-18(11-22(2)21-13)20-19(24)15-5-3-4-14(10-15)12-27-17-8-6-16(7-9-17)23(25)26/h3-11H,12H2,1-2H3,(H,20,24). The monoisotopic (exact) mass is 366 g/mol. The van der Waals surface area contributed by atoms with E-state index in [1.54, 1.807) is 48.3 Å². The van der Waals surface area contributed by atoms with Gasteiger partial charge in [0.05, 0.1) is 16.3 Å². The molecule has 0 bridgehead atoms. The van der Waals surface area contributed by atoms with Crippen molar-refractivity contribution in [3.63, 3.8) is 0 Å². The Morgan fingerprint density at radius 1 is 1.26 bits per heavy atom. The fraction of sp³-hybridized carbons (Fsp3) is 0.158. The lowest BCUT2D eigenvalue weighted by atomic mass is 10.1. The number of nitrogens with one attached hydrogen (secondary N) is 1. The van der Waals surface area contributed by atoms with Gasteiger partial charge in [-0.15, -0.1) is 0 Å². The zero-order chi connectivity index (χ0) is 19.4. The molecular weight excluding hydrogens is 348 g/mol. The van der Waals surface area contributed by atoms with Gasteiger partial charge >= 0.3 is 0 Å². The van der Waals surface area contributed by atoms with Gasteiger partial charge in [0.2, 0.25) is 0 Å². The Hall–Kier alpha value is -3.68. The number of carbonyl (C=O) groups is 1. The van der Waals surface area contributed by atoms with Crippen molar-refractivity contribution in [3.8, 4) is 5.75 Å². The number of anilines is 1. The van der Waals surface area contributed by atoms with Crippen LogP contribution < -0.4 is 10.1 Å². The van der Waals surface area contributed by atoms with Gasteiger partial charge in [0.1, 0.15) is 12.4 Å². The molecule has 8 heteroatoms. The van der Waals surface area contributed by atoms with Crippen molar-refractivity contribution in [2.45, 2.75) is 13.5 Å². The molecule has 8 nitrogen and oxygen atoms in total. The maximum absolute atomic E-state index is 12.5. The summed E-state index contributed by atoms with van der Waals surface area (Å²) in [5.41, 5.74) is 2.72. The summed E-state index contributed by atoms with van der Waals surface area (Å²) in [7, 11) is 1.79. The van der Waals surface area contributed by atoms with Crippen LogP contribution in [0.3, 0.4) is 0 Å². The van der Waals surface area contributed by atoms with Crippen LogP contribution in [0.15, 0.2) is 54.7 Å². The molecule has 0 saturated carbocycles. The summed E-state index contributed by atoms with van der Waals surface area (Å²) in [5, 5.41) is 17.7. The number of carbonyl (C=O) groups excluding carboxylic acids is 1. The summed E-state index contributed by atoms with van der Waals surface area (Å²) < 4.78 is 7.27. The molecule has 0 radical (unpaired) electrons. The van der Waals surface area contributed by atoms with Crippen molar-refractivity contribution < 1.29 is 14.5 Å². The predicted molar refractivity (Wildman–Crippen MR) is 99.8 cm³/mol. The molecule has 0 atom stereocenters. The Morgan fingerprint density at radius 3 is 2.63 bits per heavy atom. The van der Waals surface area contributed by atoms with Crippen LogP contribution in [0.25, 0.3) is 0 Å². The molecule has 138 valence electrons. The number of benzene rings is 2. The Labute approximate surface area is 155 Å². The molecule has 0 saturated heterocycles. The van der Waals surface area contributed by atoms with Crippen molar-refractivity contribution in [2.24, 2.45) is 7.05 Å². The summed E-state index contributed by atoms with van der Waals surface area (Å²) in [6.07, 6.45) is 1.74. The van der Waals surface area contributed by atoms with Gasteiger partial charge in [-0.05, 0) is 36.8 Å². The molecule has 0 aliphatic carbocycles. The molecule has 27 heavy (non-hydrogen) atoms. The Morgan fingerprint density at radius 2 is 2.00 bits per heavy atom. The molecule has 2 aromatic carbocycles. The molecule has 1 amide bonds. The highest BCUT2D eigenvalue weighted by Crippen LogP contribution is 2.19. The minimum Gasteiger partial charge on any atom is -0.489 e. The highest BCUT2D eigenvalue weighted by atomic mass is 16.6. The SMILES string of the molecule is Cc1nn(C)cc1NC(=O)c1cccc(COc2ccc([N+](=O)[O-])cc2)c1. The second-order valence-corrected chi connectivity index (χ2v) is 6.00. The van der Waals surface area contributed by atoms with E-state index in [4.69, 9.17) is 4.74 Å². The van der Waals surface area contributed by atoms with Gasteiger partial charge in [-0.25, -0.2) is 0 Å². The Kier molecular flexibility index (Phi) is 5.16. The van der Waals surface area contributed by atoms with Crippen LogP contribution in [-0.4, -0.2) is 20.6 Å². The third kappa shape index (κ3) is 4.49. The Balaban J connectivity index is 1.65. The number of non-ortho nitro benzene ring substituents is 1. The number of ether oxygens (including phenoxy) is 1. The van der Waals surface area contributed by atoms with Crippen LogP contribution in [0, 0.1) is 17.0 Å². The molecule has 0 aliphatic rings. The van der Waals surface area contributed by atoms with E-state index in [2.05, 4.69) is 10.4 Å². The summed E-state index contributed by atoms with van der Waals surface area (Å²) >= 11 is 0. The summed E-state index contributed by atoms with van der Waals surface area (Å²) in [4.78, 5) is 22.7. The average Bonchev–Trinajstić information content (AvgIpc) is 2.97. The lowest BCUT2D eigenvalue weighted by Crippen LogP contribution is -2.12. The maximum atomic E-state index is 12.5. The van der Waals surface area contributed by atoms with E-state index < -0.39 is 4.92 Å². The lowest BCUT2D eigenvalue weighted by Gasteiger charge is -2.08. The van der Waals surface area contributed by atoms with Gasteiger partial charge in [-0.2, -0.15) is 5.10 Å². The highest BCUT2D eigenvalue weighted by molar-refractivity contribution is 6.04. The largest absolute Gasteiger partial charge is 0.489 e. The van der Waals surface area contributed by atoms with Crippen LogP contribution >= 0.6 is 0 Å². The third-order valence-corrected chi connectivity index (χ3v) is 3.90. The quantitative estimate of drug-likeness (QED) is 0.532. The predicted octanol–water partition coefficient (Wildman–Crippen LogP) is 3.47. The summed E-state index contributed by atoms with van der Waals surface area (Å²) in [6.45, 7) is 2.06. The van der Waals surface area contributed by atoms with Gasteiger partial charge in [-0.3, -0.25) is 19.6 Å². The summed E-state index contributed by atoms with van der Waals surface area (Å²) in [6, 6.07) is 12.9. The minimum atomic E-state index is -0.462. The third-order valence-electron chi connectivity index (χ3n) is 3.90. The molecule has 3 aromatic rings. The number of hydrogen-bond donors (Lipinski definition) is 1. The fourth-order valence-electron chi connectivity index (χ4n) is 2.55. The first-order valence-corrected chi connectivity index (χ1v) is 8.20. The number of nitro benzene ring substituents is 1. The zero-order valence-corrected chi connectivity index (χ0v) is 14.9. The first kappa shape index (κ1) is 18.1. The van der Waals surface area contributed by atoms with Crippen molar-refractivity contribution >= 4 is 17.3 Å². The first-order valence-electron chi connectivity index (χ1n) is 8.20. The molecular formula is C19H18N4O4. The van der Waals surface area contributed by atoms with Crippen LogP contribution in [0.5, 0.6) is 5.75 Å². The van der Waals surface area contributed by atoms with E-state index in [0.29, 0.717) is 17.0 Å². The number of amides is 1. The molecule has 3 rings (SSSR count). The second kappa shape index (κ2) is 7.69. The van der Waals surface area contributed by atoms with E-state index in [9.17, 15) is 14.9 Å². The van der Waals surface area contributed by atoms with E-state index in [0.717, 1.165) is 11.3 Å². The lowest BCUT2D eigenvalue weighted by molar-refractivity contribution is -0.384. The molecule has 1 aromatic heterocycles. The topological polar surface area (TPSA) is 99.3 Å². The van der Waals surface area contributed by atoms with E-state index >= 15 is 0 Å². The highest BCUT2D eigenvalue weighted by Gasteiger charge is 2.11.